The lowest BCUT2D eigenvalue weighted by atomic mass is 10.1. The van der Waals surface area contributed by atoms with Gasteiger partial charge in [-0.25, -0.2) is 0 Å². The lowest BCUT2D eigenvalue weighted by Crippen LogP contribution is -2.43. The van der Waals surface area contributed by atoms with Crippen molar-refractivity contribution in [2.24, 2.45) is 4.99 Å². The van der Waals surface area contributed by atoms with Crippen molar-refractivity contribution in [3.8, 4) is 0 Å². The molecule has 0 radical (unpaired) electrons. The molecule has 0 spiro atoms. The van der Waals surface area contributed by atoms with Gasteiger partial charge in [0.1, 0.15) is 0 Å². The molecule has 1 fully saturated rings. The summed E-state index contributed by atoms with van der Waals surface area (Å²) in [5, 5.41) is 6.33. The average molecular weight is 473 g/mol. The van der Waals surface area contributed by atoms with Gasteiger partial charge in [0.05, 0.1) is 5.56 Å². The molecule has 0 bridgehead atoms. The van der Waals surface area contributed by atoms with Crippen molar-refractivity contribution in [3.63, 3.8) is 0 Å². The van der Waals surface area contributed by atoms with Crippen LogP contribution in [0.1, 0.15) is 30.9 Å². The third kappa shape index (κ3) is 6.34. The van der Waals surface area contributed by atoms with Gasteiger partial charge in [0.25, 0.3) is 0 Å². The minimum absolute atomic E-state index is 0. The Labute approximate surface area is 162 Å². The maximum absolute atomic E-state index is 12.7. The van der Waals surface area contributed by atoms with E-state index in [9.17, 15) is 13.2 Å². The second kappa shape index (κ2) is 9.17. The van der Waals surface area contributed by atoms with Crippen LogP contribution in [0.5, 0.6) is 0 Å². The standard InChI is InChI=1S/C16H22F3N3S.HI/c1-15(7-4-8-23-15)11-22-14(20-2)21-10-12-5-3-6-13(9-12)16(17,18)19;/h3,5-6,9H,4,7-8,10-11H2,1-2H3,(H2,20,21,22);1H. The minimum Gasteiger partial charge on any atom is -0.355 e. The van der Waals surface area contributed by atoms with Gasteiger partial charge in [-0.1, -0.05) is 12.1 Å². The predicted octanol–water partition coefficient (Wildman–Crippen LogP) is 4.27. The van der Waals surface area contributed by atoms with Gasteiger partial charge in [0, 0.05) is 24.9 Å². The topological polar surface area (TPSA) is 36.4 Å². The molecule has 0 amide bonds. The number of guanidine groups is 1. The Morgan fingerprint density at radius 2 is 2.08 bits per heavy atom. The van der Waals surface area contributed by atoms with Crippen LogP contribution >= 0.6 is 35.7 Å². The third-order valence-corrected chi connectivity index (χ3v) is 5.41. The Morgan fingerprint density at radius 1 is 1.33 bits per heavy atom. The number of halogens is 4. The highest BCUT2D eigenvalue weighted by molar-refractivity contribution is 14.0. The van der Waals surface area contributed by atoms with Crippen molar-refractivity contribution in [1.29, 1.82) is 0 Å². The van der Waals surface area contributed by atoms with Gasteiger partial charge in [-0.2, -0.15) is 24.9 Å². The summed E-state index contributed by atoms with van der Waals surface area (Å²) in [4.78, 5) is 4.13. The van der Waals surface area contributed by atoms with Crippen LogP contribution in [0.4, 0.5) is 13.2 Å². The summed E-state index contributed by atoms with van der Waals surface area (Å²) < 4.78 is 38.3. The summed E-state index contributed by atoms with van der Waals surface area (Å²) >= 11 is 1.95. The monoisotopic (exact) mass is 473 g/mol. The summed E-state index contributed by atoms with van der Waals surface area (Å²) in [6, 6.07) is 5.33. The van der Waals surface area contributed by atoms with Crippen molar-refractivity contribution in [2.75, 3.05) is 19.3 Å². The van der Waals surface area contributed by atoms with Gasteiger partial charge in [-0.15, -0.1) is 24.0 Å². The van der Waals surface area contributed by atoms with E-state index in [0.29, 0.717) is 18.1 Å². The largest absolute Gasteiger partial charge is 0.416 e. The number of hydrogen-bond donors (Lipinski definition) is 2. The van der Waals surface area contributed by atoms with Crippen molar-refractivity contribution in [2.45, 2.75) is 37.2 Å². The van der Waals surface area contributed by atoms with Crippen molar-refractivity contribution < 1.29 is 13.2 Å². The summed E-state index contributed by atoms with van der Waals surface area (Å²) in [5.74, 6) is 1.78. The normalized spacial score (nSPS) is 21.3. The van der Waals surface area contributed by atoms with Gasteiger partial charge in [-0.05, 0) is 43.2 Å². The van der Waals surface area contributed by atoms with Crippen LogP contribution in [0.3, 0.4) is 0 Å². The second-order valence-corrected chi connectivity index (χ2v) is 7.56. The number of nitrogens with one attached hydrogen (secondary N) is 2. The van der Waals surface area contributed by atoms with Crippen LogP contribution in [0.2, 0.25) is 0 Å². The van der Waals surface area contributed by atoms with E-state index in [2.05, 4.69) is 22.5 Å². The van der Waals surface area contributed by atoms with Crippen molar-refractivity contribution in [3.05, 3.63) is 35.4 Å². The first-order valence-electron chi connectivity index (χ1n) is 7.57. The molecule has 2 rings (SSSR count). The quantitative estimate of drug-likeness (QED) is 0.390. The molecule has 136 valence electrons. The molecule has 8 heteroatoms. The molecule has 0 aromatic heterocycles. The molecular weight excluding hydrogens is 450 g/mol. The van der Waals surface area contributed by atoms with E-state index in [1.807, 2.05) is 11.8 Å². The summed E-state index contributed by atoms with van der Waals surface area (Å²) in [6.07, 6.45) is -1.93. The molecule has 0 aliphatic carbocycles. The molecule has 1 unspecified atom stereocenters. The van der Waals surface area contributed by atoms with E-state index < -0.39 is 11.7 Å². The first-order chi connectivity index (χ1) is 10.8. The van der Waals surface area contributed by atoms with Crippen molar-refractivity contribution in [1.82, 2.24) is 10.6 Å². The zero-order valence-electron chi connectivity index (χ0n) is 13.7. The predicted molar refractivity (Wildman–Crippen MR) is 105 cm³/mol. The molecule has 2 N–H and O–H groups in total. The van der Waals surface area contributed by atoms with Crippen LogP contribution in [0.25, 0.3) is 0 Å². The zero-order valence-corrected chi connectivity index (χ0v) is 16.9. The Morgan fingerprint density at radius 3 is 2.67 bits per heavy atom. The lowest BCUT2D eigenvalue weighted by molar-refractivity contribution is -0.137. The summed E-state index contributed by atoms with van der Waals surface area (Å²) in [7, 11) is 1.66. The Balaban J connectivity index is 0.00000288. The molecule has 1 aliphatic heterocycles. The van der Waals surface area contributed by atoms with E-state index in [-0.39, 0.29) is 28.7 Å². The SMILES string of the molecule is CN=C(NCc1cccc(C(F)(F)F)c1)NCC1(C)CCCS1.I. The maximum atomic E-state index is 12.7. The number of benzene rings is 1. The first-order valence-corrected chi connectivity index (χ1v) is 8.56. The highest BCUT2D eigenvalue weighted by Crippen LogP contribution is 2.36. The number of aliphatic imine (C=N–C) groups is 1. The highest BCUT2D eigenvalue weighted by atomic mass is 127. The van der Waals surface area contributed by atoms with E-state index in [0.717, 1.165) is 25.1 Å². The van der Waals surface area contributed by atoms with Crippen LogP contribution in [0.15, 0.2) is 29.3 Å². The molecule has 1 saturated heterocycles. The molecule has 1 heterocycles. The number of alkyl halides is 3. The maximum Gasteiger partial charge on any atom is 0.416 e. The van der Waals surface area contributed by atoms with Gasteiger partial charge < -0.3 is 10.6 Å². The van der Waals surface area contributed by atoms with Gasteiger partial charge in [-0.3, -0.25) is 4.99 Å². The lowest BCUT2D eigenvalue weighted by Gasteiger charge is -2.24. The van der Waals surface area contributed by atoms with Crippen LogP contribution in [-0.2, 0) is 12.7 Å². The number of hydrogen-bond acceptors (Lipinski definition) is 2. The fourth-order valence-electron chi connectivity index (χ4n) is 2.51. The second-order valence-electron chi connectivity index (χ2n) is 5.88. The highest BCUT2D eigenvalue weighted by Gasteiger charge is 2.30. The average Bonchev–Trinajstić information content (AvgIpc) is 2.94. The zero-order chi connectivity index (χ0) is 16.9. The van der Waals surface area contributed by atoms with Crippen molar-refractivity contribution >= 4 is 41.7 Å². The van der Waals surface area contributed by atoms with Crippen LogP contribution < -0.4 is 10.6 Å². The first kappa shape index (κ1) is 21.4. The van der Waals surface area contributed by atoms with E-state index in [4.69, 9.17) is 0 Å². The molecule has 1 aliphatic rings. The van der Waals surface area contributed by atoms with Gasteiger partial charge in [0.2, 0.25) is 0 Å². The molecular formula is C16H23F3IN3S. The molecule has 1 aromatic rings. The third-order valence-electron chi connectivity index (χ3n) is 3.87. The Hall–Kier alpha value is -0.640. The van der Waals surface area contributed by atoms with Crippen LogP contribution in [-0.4, -0.2) is 30.1 Å². The molecule has 3 nitrogen and oxygen atoms in total. The number of rotatable bonds is 4. The minimum atomic E-state index is -4.32. The van der Waals surface area contributed by atoms with Gasteiger partial charge >= 0.3 is 6.18 Å². The Kier molecular flexibility index (Phi) is 8.17. The molecule has 1 aromatic carbocycles. The number of nitrogens with zero attached hydrogens (tertiary/aromatic N) is 1. The molecule has 0 saturated carbocycles. The smallest absolute Gasteiger partial charge is 0.355 e. The van der Waals surface area contributed by atoms with E-state index in [1.54, 1.807) is 13.1 Å². The van der Waals surface area contributed by atoms with E-state index >= 15 is 0 Å². The Bertz CT molecular complexity index is 558. The fraction of sp³-hybridized carbons (Fsp3) is 0.562. The van der Waals surface area contributed by atoms with Gasteiger partial charge in [0.15, 0.2) is 5.96 Å². The fourth-order valence-corrected chi connectivity index (χ4v) is 3.76. The number of thioether (sulfide) groups is 1. The molecule has 24 heavy (non-hydrogen) atoms. The van der Waals surface area contributed by atoms with E-state index in [1.165, 1.54) is 18.2 Å². The summed E-state index contributed by atoms with van der Waals surface area (Å²) in [6.45, 7) is 3.31. The summed E-state index contributed by atoms with van der Waals surface area (Å²) in [5.41, 5.74) is -0.0566. The van der Waals surface area contributed by atoms with Crippen LogP contribution in [0, 0.1) is 0 Å². The molecule has 1 atom stereocenters.